The summed E-state index contributed by atoms with van der Waals surface area (Å²) in [6.45, 7) is 0.653. The molecule has 11 heteroatoms. The van der Waals surface area contributed by atoms with Gasteiger partial charge in [-0.2, -0.15) is 23.5 Å². The van der Waals surface area contributed by atoms with Crippen LogP contribution in [0, 0.1) is 0 Å². The molecule has 0 aliphatic rings. The third-order valence-corrected chi connectivity index (χ3v) is 5.72. The molecule has 0 bridgehead atoms. The zero-order valence-corrected chi connectivity index (χ0v) is 19.9. The topological polar surface area (TPSA) is 131 Å². The molecule has 2 amide bonds. The van der Waals surface area contributed by atoms with Gasteiger partial charge < -0.3 is 26.2 Å². The predicted octanol–water partition coefficient (Wildman–Crippen LogP) is 2.87. The number of amides is 2. The molecule has 0 aromatic heterocycles. The van der Waals surface area contributed by atoms with Gasteiger partial charge in [0.15, 0.2) is 0 Å². The third kappa shape index (κ3) is 11.1. The molecule has 8 nitrogen and oxygen atoms in total. The second kappa shape index (κ2) is 14.9. The number of carbonyl (C=O) groups excluding carboxylic acids is 2. The number of benzene rings is 1. The van der Waals surface area contributed by atoms with Gasteiger partial charge in [0, 0.05) is 18.0 Å². The number of hydrogen-bond acceptors (Lipinski definition) is 7. The summed E-state index contributed by atoms with van der Waals surface area (Å²) < 4.78 is 5.87. The maximum Gasteiger partial charge on any atom is 0.335 e. The Kier molecular flexibility index (Phi) is 13.4. The number of carbonyl (C=O) groups is 3. The number of anilines is 2. The van der Waals surface area contributed by atoms with Crippen molar-refractivity contribution in [3.8, 4) is 0 Å². The average molecular weight is 555 g/mol. The fourth-order valence-electron chi connectivity index (χ4n) is 2.19. The van der Waals surface area contributed by atoms with Crippen molar-refractivity contribution in [1.29, 1.82) is 0 Å². The van der Waals surface area contributed by atoms with E-state index in [0.29, 0.717) is 23.3 Å². The molecule has 1 rings (SSSR count). The summed E-state index contributed by atoms with van der Waals surface area (Å²) in [6.07, 6.45) is 3.28. The fraction of sp³-hybridized carbons (Fsp3) is 0.500. The lowest BCUT2D eigenvalue weighted by Gasteiger charge is -2.14. The van der Waals surface area contributed by atoms with Crippen molar-refractivity contribution in [2.75, 3.05) is 45.4 Å². The number of carboxylic acids is 1. The van der Waals surface area contributed by atoms with Gasteiger partial charge in [0.1, 0.15) is 0 Å². The lowest BCUT2D eigenvalue weighted by Crippen LogP contribution is -2.36. The first kappa shape index (κ1) is 26.0. The van der Waals surface area contributed by atoms with E-state index in [-0.39, 0.29) is 22.9 Å². The number of halogens is 1. The number of ether oxygens (including phenoxy) is 1. The average Bonchev–Trinajstić information content (AvgIpc) is 2.68. The highest BCUT2D eigenvalue weighted by Gasteiger charge is 2.15. The molecule has 0 spiro atoms. The van der Waals surface area contributed by atoms with Crippen LogP contribution in [0.4, 0.5) is 11.4 Å². The summed E-state index contributed by atoms with van der Waals surface area (Å²) in [5, 5.41) is 14.6. The van der Waals surface area contributed by atoms with E-state index in [1.54, 1.807) is 11.8 Å². The quantitative estimate of drug-likeness (QED) is 0.157. The smallest absolute Gasteiger partial charge is 0.335 e. The van der Waals surface area contributed by atoms with E-state index in [1.807, 2.05) is 6.26 Å². The first-order chi connectivity index (χ1) is 13.9. The van der Waals surface area contributed by atoms with E-state index in [1.165, 1.54) is 30.0 Å². The van der Waals surface area contributed by atoms with Crippen LogP contribution in [0.1, 0.15) is 23.2 Å². The fourth-order valence-corrected chi connectivity index (χ4v) is 3.71. The van der Waals surface area contributed by atoms with E-state index in [0.717, 1.165) is 17.9 Å². The van der Waals surface area contributed by atoms with E-state index in [2.05, 4.69) is 33.2 Å². The molecule has 1 aromatic rings. The Labute approximate surface area is 192 Å². The van der Waals surface area contributed by atoms with Crippen molar-refractivity contribution in [3.05, 3.63) is 23.8 Å². The number of thioether (sulfide) groups is 2. The second-order valence-corrected chi connectivity index (χ2v) is 8.67. The van der Waals surface area contributed by atoms with Gasteiger partial charge >= 0.3 is 5.97 Å². The van der Waals surface area contributed by atoms with Crippen LogP contribution in [-0.4, -0.2) is 63.7 Å². The Hall–Kier alpha value is -1.02. The van der Waals surface area contributed by atoms with Gasteiger partial charge in [0.25, 0.3) is 0 Å². The third-order valence-electron chi connectivity index (χ3n) is 3.59. The molecule has 0 aliphatic heterocycles. The van der Waals surface area contributed by atoms with Crippen molar-refractivity contribution < 1.29 is 24.2 Å². The van der Waals surface area contributed by atoms with Crippen LogP contribution in [0.5, 0.6) is 0 Å². The highest BCUT2D eigenvalue weighted by atomic mass is 127. The minimum absolute atomic E-state index is 0.0422. The van der Waals surface area contributed by atoms with Crippen LogP contribution in [0.2, 0.25) is 0 Å². The number of carboxylic acid groups (broad SMARTS) is 1. The van der Waals surface area contributed by atoms with Crippen LogP contribution >= 0.6 is 46.1 Å². The molecule has 1 atom stereocenters. The van der Waals surface area contributed by atoms with Gasteiger partial charge in [-0.1, -0.05) is 22.6 Å². The van der Waals surface area contributed by atoms with Gasteiger partial charge in [-0.3, -0.25) is 9.59 Å². The number of aromatic carboxylic acids is 1. The van der Waals surface area contributed by atoms with Gasteiger partial charge in [0.2, 0.25) is 11.8 Å². The Morgan fingerprint density at radius 2 is 1.90 bits per heavy atom. The summed E-state index contributed by atoms with van der Waals surface area (Å²) in [6, 6.07) is 3.51. The number of nitrogens with one attached hydrogen (secondary N) is 2. The monoisotopic (exact) mass is 555 g/mol. The zero-order valence-electron chi connectivity index (χ0n) is 16.1. The molecule has 0 radical (unpaired) electrons. The van der Waals surface area contributed by atoms with Crippen molar-refractivity contribution in [1.82, 2.24) is 0 Å². The first-order valence-corrected chi connectivity index (χ1v) is 12.9. The highest BCUT2D eigenvalue weighted by Crippen LogP contribution is 2.20. The van der Waals surface area contributed by atoms with Crippen molar-refractivity contribution in [3.63, 3.8) is 0 Å². The molecular weight excluding hydrogens is 529 g/mol. The van der Waals surface area contributed by atoms with Gasteiger partial charge in [-0.25, -0.2) is 4.79 Å². The van der Waals surface area contributed by atoms with Gasteiger partial charge in [-0.05, 0) is 48.8 Å². The Balaban J connectivity index is 2.69. The molecular formula is C18H26IN3O5S2. The molecule has 162 valence electrons. The van der Waals surface area contributed by atoms with Crippen LogP contribution in [0.25, 0.3) is 0 Å². The molecule has 0 aliphatic carbocycles. The SMILES string of the molecule is CSCCC(N)C(=O)Nc1cc(NC(=O)CSCCCOCI)cc(C(=O)O)c1. The van der Waals surface area contributed by atoms with E-state index in [9.17, 15) is 19.5 Å². The second-order valence-electron chi connectivity index (χ2n) is 5.95. The minimum Gasteiger partial charge on any atom is -0.478 e. The van der Waals surface area contributed by atoms with E-state index in [4.69, 9.17) is 10.5 Å². The summed E-state index contributed by atoms with van der Waals surface area (Å²) in [5.74, 6) is -0.0400. The molecule has 0 heterocycles. The standard InChI is InChI=1S/C18H26IN3O5S2/c1-28-6-3-15(20)17(24)22-14-8-12(18(25)26)7-13(9-14)21-16(23)10-29-5-2-4-27-11-19/h7-9,15H,2-6,10-11,20H2,1H3,(H,21,23)(H,22,24)(H,25,26). The minimum atomic E-state index is -1.16. The van der Waals surface area contributed by atoms with Crippen LogP contribution < -0.4 is 16.4 Å². The first-order valence-electron chi connectivity index (χ1n) is 8.82. The van der Waals surface area contributed by atoms with Crippen LogP contribution in [0.3, 0.4) is 0 Å². The number of alkyl halides is 1. The summed E-state index contributed by atoms with van der Waals surface area (Å²) in [4.78, 5) is 35.7. The maximum atomic E-state index is 12.2. The Morgan fingerprint density at radius 3 is 2.52 bits per heavy atom. The van der Waals surface area contributed by atoms with Crippen molar-refractivity contribution in [2.45, 2.75) is 18.9 Å². The summed E-state index contributed by atoms with van der Waals surface area (Å²) >= 11 is 5.18. The number of nitrogens with two attached hydrogens (primary N) is 1. The molecule has 0 saturated heterocycles. The van der Waals surface area contributed by atoms with Crippen LogP contribution in [0.15, 0.2) is 18.2 Å². The number of rotatable bonds is 14. The normalized spacial score (nSPS) is 11.7. The molecule has 0 fully saturated rings. The predicted molar refractivity (Wildman–Crippen MR) is 128 cm³/mol. The molecule has 1 unspecified atom stereocenters. The molecule has 0 saturated carbocycles. The zero-order chi connectivity index (χ0) is 21.6. The highest BCUT2D eigenvalue weighted by molar-refractivity contribution is 14.1. The van der Waals surface area contributed by atoms with Crippen molar-refractivity contribution in [2.24, 2.45) is 5.73 Å². The lowest BCUT2D eigenvalue weighted by atomic mass is 10.1. The van der Waals surface area contributed by atoms with E-state index < -0.39 is 17.9 Å². The molecule has 5 N–H and O–H groups in total. The van der Waals surface area contributed by atoms with E-state index >= 15 is 0 Å². The Morgan fingerprint density at radius 1 is 1.21 bits per heavy atom. The maximum absolute atomic E-state index is 12.2. The lowest BCUT2D eigenvalue weighted by molar-refractivity contribution is -0.117. The van der Waals surface area contributed by atoms with Gasteiger partial charge in [0.05, 0.1) is 22.0 Å². The Bertz CT molecular complexity index is 693. The largest absolute Gasteiger partial charge is 0.478 e. The summed E-state index contributed by atoms with van der Waals surface area (Å²) in [7, 11) is 0. The van der Waals surface area contributed by atoms with Crippen LogP contribution in [-0.2, 0) is 14.3 Å². The summed E-state index contributed by atoms with van der Waals surface area (Å²) in [5.41, 5.74) is 6.37. The molecule has 1 aromatic carbocycles. The van der Waals surface area contributed by atoms with Crippen molar-refractivity contribution >= 4 is 75.3 Å². The molecule has 29 heavy (non-hydrogen) atoms. The van der Waals surface area contributed by atoms with Gasteiger partial charge in [-0.15, -0.1) is 0 Å². The number of hydrogen-bond donors (Lipinski definition) is 4.